The van der Waals surface area contributed by atoms with E-state index in [2.05, 4.69) is 22.8 Å². The van der Waals surface area contributed by atoms with Crippen molar-refractivity contribution >= 4 is 17.8 Å². The highest BCUT2D eigenvalue weighted by Gasteiger charge is 2.58. The number of allylic oxidation sites excluding steroid dienone is 2. The number of rotatable bonds is 8. The van der Waals surface area contributed by atoms with E-state index in [1.807, 2.05) is 12.1 Å². The second-order valence-corrected chi connectivity index (χ2v) is 9.19. The first-order chi connectivity index (χ1) is 15.7. The van der Waals surface area contributed by atoms with Gasteiger partial charge in [-0.05, 0) is 49.7 Å². The van der Waals surface area contributed by atoms with E-state index < -0.39 is 0 Å². The zero-order chi connectivity index (χ0) is 21.9. The highest BCUT2D eigenvalue weighted by Crippen LogP contribution is 2.52. The smallest absolute Gasteiger partial charge is 0.233 e. The second kappa shape index (κ2) is 9.48. The first-order valence-electron chi connectivity index (χ1n) is 11.9. The first-order valence-corrected chi connectivity index (χ1v) is 11.9. The summed E-state index contributed by atoms with van der Waals surface area (Å²) in [7, 11) is 0. The molecule has 2 saturated heterocycles. The monoisotopic (exact) mass is 440 g/mol. The van der Waals surface area contributed by atoms with Crippen molar-refractivity contribution in [3.05, 3.63) is 36.3 Å². The largest absolute Gasteiger partial charge is 0.469 e. The Hall–Kier alpha value is -2.61. The maximum Gasteiger partial charge on any atom is 0.233 e. The van der Waals surface area contributed by atoms with E-state index >= 15 is 0 Å². The highest BCUT2D eigenvalue weighted by atomic mass is 16.5. The molecule has 3 heterocycles. The van der Waals surface area contributed by atoms with Gasteiger partial charge in [0.2, 0.25) is 11.8 Å². The van der Waals surface area contributed by atoms with Crippen molar-refractivity contribution < 1.29 is 18.7 Å². The lowest BCUT2D eigenvalue weighted by atomic mass is 9.85. The lowest BCUT2D eigenvalue weighted by Gasteiger charge is -2.22. The molecule has 1 saturated carbocycles. The van der Waals surface area contributed by atoms with Gasteiger partial charge in [-0.25, -0.2) is 0 Å². The number of likely N-dealkylation sites (tertiary alicyclic amines) is 1. The summed E-state index contributed by atoms with van der Waals surface area (Å²) >= 11 is 0. The van der Waals surface area contributed by atoms with Crippen LogP contribution in [0.15, 0.2) is 40.0 Å². The number of amides is 2. The molecule has 2 amide bonds. The fraction of sp³-hybridized carbons (Fsp3) is 0.625. The molecule has 0 aromatic carbocycles. The van der Waals surface area contributed by atoms with Crippen LogP contribution < -0.4 is 10.6 Å². The molecule has 32 heavy (non-hydrogen) atoms. The number of nitrogens with one attached hydrogen (secondary N) is 2. The summed E-state index contributed by atoms with van der Waals surface area (Å²) in [5, 5.41) is 6.64. The van der Waals surface area contributed by atoms with Crippen LogP contribution in [0.25, 0.3) is 0 Å². The normalized spacial score (nSPS) is 31.4. The molecule has 4 aliphatic rings. The van der Waals surface area contributed by atoms with Crippen LogP contribution in [-0.2, 0) is 20.7 Å². The summed E-state index contributed by atoms with van der Waals surface area (Å²) in [6.07, 6.45) is 11.1. The molecule has 3 fully saturated rings. The van der Waals surface area contributed by atoms with Gasteiger partial charge in [0.25, 0.3) is 0 Å². The zero-order valence-electron chi connectivity index (χ0n) is 18.4. The summed E-state index contributed by atoms with van der Waals surface area (Å²) in [5.41, 5.74) is 0. The summed E-state index contributed by atoms with van der Waals surface area (Å²) in [4.78, 5) is 31.9. The van der Waals surface area contributed by atoms with Crippen molar-refractivity contribution in [2.75, 3.05) is 32.8 Å². The number of carbonyl (C=O) groups is 2. The molecule has 2 bridgehead atoms. The maximum atomic E-state index is 12.9. The topological polar surface area (TPSA) is 96.2 Å². The van der Waals surface area contributed by atoms with Crippen LogP contribution in [0, 0.1) is 23.7 Å². The number of nitrogens with zero attached hydrogens (tertiary/aromatic N) is 2. The van der Waals surface area contributed by atoms with Crippen LogP contribution in [0.1, 0.15) is 31.4 Å². The average Bonchev–Trinajstić information content (AvgIpc) is 3.60. The number of hydrogen-bond acceptors (Lipinski definition) is 5. The Morgan fingerprint density at radius 1 is 1.09 bits per heavy atom. The number of ether oxygens (including phenoxy) is 1. The molecule has 2 aliphatic heterocycles. The molecule has 172 valence electrons. The predicted molar refractivity (Wildman–Crippen MR) is 119 cm³/mol. The molecule has 2 aliphatic carbocycles. The van der Waals surface area contributed by atoms with E-state index in [4.69, 9.17) is 14.1 Å². The molecule has 1 aromatic rings. The van der Waals surface area contributed by atoms with Crippen LogP contribution in [0.3, 0.4) is 0 Å². The van der Waals surface area contributed by atoms with Crippen molar-refractivity contribution in [2.45, 2.75) is 38.2 Å². The van der Waals surface area contributed by atoms with Crippen molar-refractivity contribution in [1.29, 1.82) is 0 Å². The first kappa shape index (κ1) is 21.2. The Kier molecular flexibility index (Phi) is 6.30. The molecule has 8 nitrogen and oxygen atoms in total. The Morgan fingerprint density at radius 2 is 1.88 bits per heavy atom. The van der Waals surface area contributed by atoms with E-state index in [0.717, 1.165) is 38.1 Å². The van der Waals surface area contributed by atoms with E-state index in [0.29, 0.717) is 32.1 Å². The van der Waals surface area contributed by atoms with Gasteiger partial charge >= 0.3 is 0 Å². The van der Waals surface area contributed by atoms with Crippen molar-refractivity contribution in [1.82, 2.24) is 15.5 Å². The average molecular weight is 441 g/mol. The zero-order valence-corrected chi connectivity index (χ0v) is 18.4. The van der Waals surface area contributed by atoms with E-state index in [1.54, 1.807) is 6.26 Å². The Balaban J connectivity index is 1.15. The molecular weight excluding hydrogens is 408 g/mol. The van der Waals surface area contributed by atoms with Crippen LogP contribution >= 0.6 is 0 Å². The molecule has 0 spiro atoms. The minimum absolute atomic E-state index is 0.00137. The summed E-state index contributed by atoms with van der Waals surface area (Å²) in [6.45, 7) is 2.90. The molecule has 1 aromatic heterocycles. The van der Waals surface area contributed by atoms with E-state index in [1.165, 1.54) is 11.3 Å². The molecular formula is C24H32N4O4. The Morgan fingerprint density at radius 3 is 2.56 bits per heavy atom. The number of hydrogen-bond donors (Lipinski definition) is 2. The number of guanidine groups is 1. The van der Waals surface area contributed by atoms with Crippen molar-refractivity contribution in [2.24, 2.45) is 28.7 Å². The fourth-order valence-corrected chi connectivity index (χ4v) is 5.55. The molecule has 5 rings (SSSR count). The van der Waals surface area contributed by atoms with Crippen LogP contribution in [0.5, 0.6) is 0 Å². The third-order valence-electron chi connectivity index (χ3n) is 7.16. The van der Waals surface area contributed by atoms with Gasteiger partial charge < -0.3 is 19.8 Å². The molecule has 0 radical (unpaired) electrons. The third-order valence-corrected chi connectivity index (χ3v) is 7.16. The van der Waals surface area contributed by atoms with Gasteiger partial charge in [0, 0.05) is 32.7 Å². The van der Waals surface area contributed by atoms with Gasteiger partial charge in [-0.2, -0.15) is 0 Å². The van der Waals surface area contributed by atoms with Gasteiger partial charge in [0.1, 0.15) is 5.76 Å². The van der Waals surface area contributed by atoms with Gasteiger partial charge in [-0.1, -0.05) is 12.2 Å². The SMILES string of the molecule is O=C1C2C3C=CC(C3)C2C(=O)N1CCNC(=NCC1CCCCO1)NCCc1ccco1. The minimum Gasteiger partial charge on any atom is -0.469 e. The molecule has 2 N–H and O–H groups in total. The standard InChI is InChI=1S/C24H32N4O4/c29-22-20-16-6-7-17(14-16)21(20)23(30)28(22)11-10-26-24(25-9-8-18-5-3-13-31-18)27-15-19-4-1-2-12-32-19/h3,5-7,13,16-17,19-21H,1-2,4,8-12,14-15H2,(H2,25,26,27). The van der Waals surface area contributed by atoms with Gasteiger partial charge in [0.15, 0.2) is 5.96 Å². The number of carbonyl (C=O) groups excluding carboxylic acids is 2. The summed E-state index contributed by atoms with van der Waals surface area (Å²) < 4.78 is 11.2. The van der Waals surface area contributed by atoms with Crippen LogP contribution in [0.2, 0.25) is 0 Å². The van der Waals surface area contributed by atoms with Crippen LogP contribution in [0.4, 0.5) is 0 Å². The quantitative estimate of drug-likeness (QED) is 0.277. The molecule has 5 unspecified atom stereocenters. The number of aliphatic imine (C=N–C) groups is 1. The predicted octanol–water partition coefficient (Wildman–Crippen LogP) is 1.73. The lowest BCUT2D eigenvalue weighted by Crippen LogP contribution is -2.44. The maximum absolute atomic E-state index is 12.9. The highest BCUT2D eigenvalue weighted by molar-refractivity contribution is 6.06. The van der Waals surface area contributed by atoms with Crippen LogP contribution in [-0.4, -0.2) is 61.6 Å². The molecule has 5 atom stereocenters. The third kappa shape index (κ3) is 4.33. The number of furan rings is 1. The van der Waals surface area contributed by atoms with E-state index in [-0.39, 0.29) is 41.6 Å². The summed E-state index contributed by atoms with van der Waals surface area (Å²) in [6, 6.07) is 3.83. The van der Waals surface area contributed by atoms with Gasteiger partial charge in [-0.15, -0.1) is 0 Å². The summed E-state index contributed by atoms with van der Waals surface area (Å²) in [5.74, 6) is 1.80. The number of fused-ring (bicyclic) bond motifs is 5. The second-order valence-electron chi connectivity index (χ2n) is 9.19. The van der Waals surface area contributed by atoms with Crippen molar-refractivity contribution in [3.8, 4) is 0 Å². The fourth-order valence-electron chi connectivity index (χ4n) is 5.55. The van der Waals surface area contributed by atoms with Gasteiger partial charge in [-0.3, -0.25) is 19.5 Å². The van der Waals surface area contributed by atoms with Crippen molar-refractivity contribution in [3.63, 3.8) is 0 Å². The number of imide groups is 1. The lowest BCUT2D eigenvalue weighted by molar-refractivity contribution is -0.140. The minimum atomic E-state index is -0.138. The van der Waals surface area contributed by atoms with Gasteiger partial charge in [0.05, 0.1) is 30.7 Å². The Bertz CT molecular complexity index is 845. The molecule has 8 heteroatoms. The van der Waals surface area contributed by atoms with E-state index in [9.17, 15) is 9.59 Å². The Labute approximate surface area is 188 Å².